The van der Waals surface area contributed by atoms with Crippen LogP contribution in [0.5, 0.6) is 0 Å². The van der Waals surface area contributed by atoms with Crippen LogP contribution in [-0.4, -0.2) is 57.9 Å². The second-order valence-corrected chi connectivity index (χ2v) is 3.65. The highest BCUT2D eigenvalue weighted by molar-refractivity contribution is 5.79. The summed E-state index contributed by atoms with van der Waals surface area (Å²) >= 11 is 0. The Morgan fingerprint density at radius 3 is 2.06 bits per heavy atom. The molecule has 0 saturated carbocycles. The maximum absolute atomic E-state index is 12.1. The molecule has 0 fully saturated rings. The van der Waals surface area contributed by atoms with Gasteiger partial charge in [0, 0.05) is 33.9 Å². The number of rotatable bonds is 9. The van der Waals surface area contributed by atoms with E-state index in [2.05, 4.69) is 0 Å². The predicted octanol–water partition coefficient (Wildman–Crippen LogP) is 0.0927. The van der Waals surface area contributed by atoms with E-state index in [9.17, 15) is 4.79 Å². The molecule has 0 rings (SSSR count). The molecule has 0 spiro atoms. The van der Waals surface area contributed by atoms with Gasteiger partial charge >= 0.3 is 0 Å². The number of ether oxygens (including phenoxy) is 2. The molecule has 1 amide bonds. The standard InChI is InChI=1S/C11H24N2O3/c1-4-10(9-12)11(14)13(5-7-15-2)6-8-16-3/h10H,4-9,12H2,1-3H3. The van der Waals surface area contributed by atoms with Crippen LogP contribution in [0.3, 0.4) is 0 Å². The molecule has 96 valence electrons. The van der Waals surface area contributed by atoms with Crippen LogP contribution in [-0.2, 0) is 14.3 Å². The fourth-order valence-corrected chi connectivity index (χ4v) is 1.44. The van der Waals surface area contributed by atoms with Crippen molar-refractivity contribution in [3.63, 3.8) is 0 Å². The zero-order valence-corrected chi connectivity index (χ0v) is 10.6. The zero-order valence-electron chi connectivity index (χ0n) is 10.6. The molecule has 0 radical (unpaired) electrons. The summed E-state index contributed by atoms with van der Waals surface area (Å²) in [4.78, 5) is 13.8. The monoisotopic (exact) mass is 232 g/mol. The summed E-state index contributed by atoms with van der Waals surface area (Å²) in [5.41, 5.74) is 5.57. The zero-order chi connectivity index (χ0) is 12.4. The van der Waals surface area contributed by atoms with Gasteiger partial charge < -0.3 is 20.1 Å². The molecule has 0 heterocycles. The number of carbonyl (C=O) groups is 1. The Bertz CT molecular complexity index is 176. The number of nitrogens with two attached hydrogens (primary N) is 1. The smallest absolute Gasteiger partial charge is 0.227 e. The summed E-state index contributed by atoms with van der Waals surface area (Å²) in [6.07, 6.45) is 0.770. The molecule has 0 saturated heterocycles. The molecular weight excluding hydrogens is 208 g/mol. The lowest BCUT2D eigenvalue weighted by Crippen LogP contribution is -2.42. The van der Waals surface area contributed by atoms with E-state index in [4.69, 9.17) is 15.2 Å². The van der Waals surface area contributed by atoms with Gasteiger partial charge in [0.2, 0.25) is 5.91 Å². The van der Waals surface area contributed by atoms with Gasteiger partial charge in [-0.1, -0.05) is 6.92 Å². The van der Waals surface area contributed by atoms with Gasteiger partial charge in [0.25, 0.3) is 0 Å². The Labute approximate surface area is 97.9 Å². The van der Waals surface area contributed by atoms with E-state index < -0.39 is 0 Å². The van der Waals surface area contributed by atoms with Crippen LogP contribution in [0.4, 0.5) is 0 Å². The average Bonchev–Trinajstić information content (AvgIpc) is 2.30. The van der Waals surface area contributed by atoms with Crippen molar-refractivity contribution in [1.29, 1.82) is 0 Å². The van der Waals surface area contributed by atoms with Gasteiger partial charge in [-0.05, 0) is 6.42 Å². The highest BCUT2D eigenvalue weighted by Crippen LogP contribution is 2.06. The molecule has 0 aliphatic heterocycles. The van der Waals surface area contributed by atoms with Gasteiger partial charge in [-0.3, -0.25) is 4.79 Å². The molecule has 0 aliphatic rings. The van der Waals surface area contributed by atoms with Crippen molar-refractivity contribution in [3.05, 3.63) is 0 Å². The quantitative estimate of drug-likeness (QED) is 0.612. The van der Waals surface area contributed by atoms with Crippen molar-refractivity contribution in [3.8, 4) is 0 Å². The Morgan fingerprint density at radius 1 is 1.25 bits per heavy atom. The third-order valence-electron chi connectivity index (χ3n) is 2.57. The first-order valence-electron chi connectivity index (χ1n) is 5.67. The minimum absolute atomic E-state index is 0.0892. The molecular formula is C11H24N2O3. The van der Waals surface area contributed by atoms with Gasteiger partial charge in [0.15, 0.2) is 0 Å². The number of hydrogen-bond donors (Lipinski definition) is 1. The van der Waals surface area contributed by atoms with Crippen molar-refractivity contribution in [1.82, 2.24) is 4.90 Å². The SMILES string of the molecule is CCC(CN)C(=O)N(CCOC)CCOC. The van der Waals surface area contributed by atoms with Crippen LogP contribution in [0, 0.1) is 5.92 Å². The highest BCUT2D eigenvalue weighted by Gasteiger charge is 2.21. The Hall–Kier alpha value is -0.650. The fraction of sp³-hybridized carbons (Fsp3) is 0.909. The molecule has 5 heteroatoms. The molecule has 1 atom stereocenters. The van der Waals surface area contributed by atoms with Crippen LogP contribution in [0.2, 0.25) is 0 Å². The van der Waals surface area contributed by atoms with Crippen LogP contribution < -0.4 is 5.73 Å². The van der Waals surface area contributed by atoms with Crippen LogP contribution in [0.1, 0.15) is 13.3 Å². The van der Waals surface area contributed by atoms with E-state index in [1.165, 1.54) is 0 Å². The summed E-state index contributed by atoms with van der Waals surface area (Å²) in [6, 6.07) is 0. The topological polar surface area (TPSA) is 64.8 Å². The lowest BCUT2D eigenvalue weighted by molar-refractivity contribution is -0.136. The minimum atomic E-state index is -0.0892. The molecule has 0 aromatic heterocycles. The Morgan fingerprint density at radius 2 is 1.75 bits per heavy atom. The normalized spacial score (nSPS) is 12.5. The maximum Gasteiger partial charge on any atom is 0.227 e. The second kappa shape index (κ2) is 9.57. The van der Waals surface area contributed by atoms with Gasteiger partial charge in [-0.15, -0.1) is 0 Å². The van der Waals surface area contributed by atoms with Gasteiger partial charge in [-0.25, -0.2) is 0 Å². The van der Waals surface area contributed by atoms with Crippen molar-refractivity contribution in [2.45, 2.75) is 13.3 Å². The number of amides is 1. The van der Waals surface area contributed by atoms with E-state index in [0.29, 0.717) is 32.8 Å². The third kappa shape index (κ3) is 5.44. The first-order valence-corrected chi connectivity index (χ1v) is 5.67. The van der Waals surface area contributed by atoms with E-state index in [1.54, 1.807) is 19.1 Å². The molecule has 0 bridgehead atoms. The Kier molecular flexibility index (Phi) is 9.18. The maximum atomic E-state index is 12.1. The first-order chi connectivity index (χ1) is 7.71. The van der Waals surface area contributed by atoms with E-state index in [-0.39, 0.29) is 11.8 Å². The fourth-order valence-electron chi connectivity index (χ4n) is 1.44. The second-order valence-electron chi connectivity index (χ2n) is 3.65. The lowest BCUT2D eigenvalue weighted by Gasteiger charge is -2.25. The molecule has 2 N–H and O–H groups in total. The predicted molar refractivity (Wildman–Crippen MR) is 63.2 cm³/mol. The van der Waals surface area contributed by atoms with Crippen molar-refractivity contribution < 1.29 is 14.3 Å². The van der Waals surface area contributed by atoms with Crippen LogP contribution >= 0.6 is 0 Å². The third-order valence-corrected chi connectivity index (χ3v) is 2.57. The lowest BCUT2D eigenvalue weighted by atomic mass is 10.1. The molecule has 0 aromatic rings. The summed E-state index contributed by atoms with van der Waals surface area (Å²) in [7, 11) is 3.25. The number of nitrogens with zero attached hydrogens (tertiary/aromatic N) is 1. The van der Waals surface area contributed by atoms with Gasteiger partial charge in [-0.2, -0.15) is 0 Å². The van der Waals surface area contributed by atoms with Crippen molar-refractivity contribution >= 4 is 5.91 Å². The van der Waals surface area contributed by atoms with E-state index >= 15 is 0 Å². The number of methoxy groups -OCH3 is 2. The molecule has 0 aromatic carbocycles. The molecule has 1 unspecified atom stereocenters. The summed E-state index contributed by atoms with van der Waals surface area (Å²) < 4.78 is 9.97. The Balaban J connectivity index is 4.28. The number of hydrogen-bond acceptors (Lipinski definition) is 4. The summed E-state index contributed by atoms with van der Waals surface area (Å²) in [6.45, 7) is 4.63. The van der Waals surface area contributed by atoms with Gasteiger partial charge in [0.1, 0.15) is 0 Å². The van der Waals surface area contributed by atoms with Crippen LogP contribution in [0.15, 0.2) is 0 Å². The molecule has 5 nitrogen and oxygen atoms in total. The van der Waals surface area contributed by atoms with E-state index in [0.717, 1.165) is 6.42 Å². The van der Waals surface area contributed by atoms with Crippen LogP contribution in [0.25, 0.3) is 0 Å². The minimum Gasteiger partial charge on any atom is -0.383 e. The highest BCUT2D eigenvalue weighted by atomic mass is 16.5. The first kappa shape index (κ1) is 15.3. The molecule has 0 aliphatic carbocycles. The van der Waals surface area contributed by atoms with Crippen molar-refractivity contribution in [2.24, 2.45) is 11.7 Å². The van der Waals surface area contributed by atoms with Crippen molar-refractivity contribution in [2.75, 3.05) is 47.1 Å². The van der Waals surface area contributed by atoms with E-state index in [1.807, 2.05) is 6.92 Å². The average molecular weight is 232 g/mol. The molecule has 16 heavy (non-hydrogen) atoms. The number of carbonyl (C=O) groups excluding carboxylic acids is 1. The van der Waals surface area contributed by atoms with Gasteiger partial charge in [0.05, 0.1) is 19.1 Å². The summed E-state index contributed by atoms with van der Waals surface area (Å²) in [5.74, 6) is 0.00723. The largest absolute Gasteiger partial charge is 0.383 e. The summed E-state index contributed by atoms with van der Waals surface area (Å²) in [5, 5.41) is 0.